The highest BCUT2D eigenvalue weighted by Crippen LogP contribution is 2.37. The van der Waals surface area contributed by atoms with Crippen LogP contribution in [0.2, 0.25) is 5.02 Å². The third-order valence-corrected chi connectivity index (χ3v) is 2.97. The number of ether oxygens (including phenoxy) is 2. The van der Waals surface area contributed by atoms with Gasteiger partial charge in [-0.15, -0.1) is 0 Å². The monoisotopic (exact) mass is 285 g/mol. The van der Waals surface area contributed by atoms with Gasteiger partial charge in [-0.2, -0.15) is 0 Å². The molecular formula is C13H16ClNO4. The average Bonchev–Trinajstić information content (AvgIpc) is 2.64. The standard InChI is InChI=1S/C13H16ClNO4/c14-10-7-9(13(17)15-3-1-4-16)8-11-12(10)19-6-2-5-18-11/h7-8,16H,1-6H2,(H,15,17). The van der Waals surface area contributed by atoms with E-state index in [1.54, 1.807) is 12.1 Å². The molecule has 1 aliphatic rings. The van der Waals surface area contributed by atoms with E-state index in [9.17, 15) is 4.79 Å². The number of aliphatic hydroxyl groups excluding tert-OH is 1. The Bertz CT molecular complexity index is 464. The van der Waals surface area contributed by atoms with Crippen LogP contribution in [0.5, 0.6) is 11.5 Å². The lowest BCUT2D eigenvalue weighted by molar-refractivity contribution is 0.0950. The van der Waals surface area contributed by atoms with Gasteiger partial charge in [-0.1, -0.05) is 11.6 Å². The predicted molar refractivity (Wildman–Crippen MR) is 71.1 cm³/mol. The normalized spacial score (nSPS) is 13.8. The van der Waals surface area contributed by atoms with Crippen LogP contribution in [0.4, 0.5) is 0 Å². The van der Waals surface area contributed by atoms with Gasteiger partial charge in [0.05, 0.1) is 18.2 Å². The fourth-order valence-electron chi connectivity index (χ4n) is 1.74. The number of amides is 1. The molecule has 0 aromatic heterocycles. The van der Waals surface area contributed by atoms with E-state index < -0.39 is 0 Å². The molecule has 0 atom stereocenters. The van der Waals surface area contributed by atoms with E-state index in [0.29, 0.717) is 48.3 Å². The molecule has 0 aliphatic carbocycles. The molecule has 0 bridgehead atoms. The third kappa shape index (κ3) is 3.52. The van der Waals surface area contributed by atoms with Crippen LogP contribution in [0.3, 0.4) is 0 Å². The van der Waals surface area contributed by atoms with Crippen LogP contribution in [0.1, 0.15) is 23.2 Å². The summed E-state index contributed by atoms with van der Waals surface area (Å²) in [5.74, 6) is 0.745. The van der Waals surface area contributed by atoms with Crippen molar-refractivity contribution in [2.24, 2.45) is 0 Å². The van der Waals surface area contributed by atoms with Crippen molar-refractivity contribution in [3.8, 4) is 11.5 Å². The molecule has 2 N–H and O–H groups in total. The summed E-state index contributed by atoms with van der Waals surface area (Å²) in [5.41, 5.74) is 0.423. The van der Waals surface area contributed by atoms with Crippen LogP contribution in [-0.2, 0) is 0 Å². The molecule has 104 valence electrons. The Kier molecular flexibility index (Phi) is 4.87. The van der Waals surface area contributed by atoms with Gasteiger partial charge in [0, 0.05) is 25.1 Å². The topological polar surface area (TPSA) is 67.8 Å². The largest absolute Gasteiger partial charge is 0.489 e. The van der Waals surface area contributed by atoms with Crippen molar-refractivity contribution >= 4 is 17.5 Å². The van der Waals surface area contributed by atoms with E-state index in [2.05, 4.69) is 5.32 Å². The van der Waals surface area contributed by atoms with E-state index in [-0.39, 0.29) is 12.5 Å². The lowest BCUT2D eigenvalue weighted by atomic mass is 10.2. The molecule has 0 unspecified atom stereocenters. The molecule has 0 saturated heterocycles. The zero-order valence-corrected chi connectivity index (χ0v) is 11.2. The van der Waals surface area contributed by atoms with Crippen LogP contribution in [0, 0.1) is 0 Å². The predicted octanol–water partition coefficient (Wildman–Crippen LogP) is 1.61. The van der Waals surface area contributed by atoms with Crippen molar-refractivity contribution in [1.29, 1.82) is 0 Å². The maximum absolute atomic E-state index is 11.9. The number of halogens is 1. The van der Waals surface area contributed by atoms with Gasteiger partial charge in [0.15, 0.2) is 11.5 Å². The molecule has 5 nitrogen and oxygen atoms in total. The minimum Gasteiger partial charge on any atom is -0.489 e. The number of carbonyl (C=O) groups excluding carboxylic acids is 1. The first kappa shape index (κ1) is 14.0. The Balaban J connectivity index is 2.16. The molecular weight excluding hydrogens is 270 g/mol. The lowest BCUT2D eigenvalue weighted by Gasteiger charge is -2.11. The van der Waals surface area contributed by atoms with Crippen molar-refractivity contribution in [1.82, 2.24) is 5.32 Å². The summed E-state index contributed by atoms with van der Waals surface area (Å²) in [6, 6.07) is 3.18. The molecule has 0 fully saturated rings. The Morgan fingerprint density at radius 1 is 1.37 bits per heavy atom. The molecule has 1 heterocycles. The summed E-state index contributed by atoms with van der Waals surface area (Å²) in [6.45, 7) is 1.55. The number of fused-ring (bicyclic) bond motifs is 1. The second kappa shape index (κ2) is 6.63. The Morgan fingerprint density at radius 2 is 2.16 bits per heavy atom. The van der Waals surface area contributed by atoms with E-state index in [1.807, 2.05) is 0 Å². The quantitative estimate of drug-likeness (QED) is 0.825. The van der Waals surface area contributed by atoms with Crippen molar-refractivity contribution in [3.05, 3.63) is 22.7 Å². The minimum atomic E-state index is -0.244. The van der Waals surface area contributed by atoms with Crippen LogP contribution < -0.4 is 14.8 Å². The van der Waals surface area contributed by atoms with Crippen molar-refractivity contribution in [2.75, 3.05) is 26.4 Å². The van der Waals surface area contributed by atoms with Gasteiger partial charge < -0.3 is 19.9 Å². The zero-order chi connectivity index (χ0) is 13.7. The number of hydrogen-bond acceptors (Lipinski definition) is 4. The fourth-order valence-corrected chi connectivity index (χ4v) is 2.01. The molecule has 1 aliphatic heterocycles. The second-order valence-electron chi connectivity index (χ2n) is 4.17. The molecule has 0 saturated carbocycles. The molecule has 0 radical (unpaired) electrons. The summed E-state index contributed by atoms with van der Waals surface area (Å²) < 4.78 is 11.0. The van der Waals surface area contributed by atoms with Gasteiger partial charge >= 0.3 is 0 Å². The maximum atomic E-state index is 11.9. The van der Waals surface area contributed by atoms with Crippen LogP contribution in [0.25, 0.3) is 0 Å². The van der Waals surface area contributed by atoms with Crippen molar-refractivity contribution in [3.63, 3.8) is 0 Å². The highest BCUT2D eigenvalue weighted by molar-refractivity contribution is 6.32. The van der Waals surface area contributed by atoms with Crippen LogP contribution >= 0.6 is 11.6 Å². The second-order valence-corrected chi connectivity index (χ2v) is 4.58. The van der Waals surface area contributed by atoms with Gasteiger partial charge in [0.25, 0.3) is 5.91 Å². The molecule has 0 spiro atoms. The fraction of sp³-hybridized carbons (Fsp3) is 0.462. The number of nitrogens with one attached hydrogen (secondary N) is 1. The maximum Gasteiger partial charge on any atom is 0.251 e. The summed E-state index contributed by atoms with van der Waals surface area (Å²) in [6.07, 6.45) is 1.30. The Labute approximate surface area is 116 Å². The summed E-state index contributed by atoms with van der Waals surface area (Å²) in [7, 11) is 0. The minimum absolute atomic E-state index is 0.0438. The summed E-state index contributed by atoms with van der Waals surface area (Å²) in [4.78, 5) is 11.9. The van der Waals surface area contributed by atoms with E-state index in [1.165, 1.54) is 0 Å². The first-order valence-electron chi connectivity index (χ1n) is 6.20. The number of hydrogen-bond donors (Lipinski definition) is 2. The number of aliphatic hydroxyl groups is 1. The van der Waals surface area contributed by atoms with Crippen LogP contribution in [0.15, 0.2) is 12.1 Å². The molecule has 2 rings (SSSR count). The average molecular weight is 286 g/mol. The van der Waals surface area contributed by atoms with Gasteiger partial charge in [0.2, 0.25) is 0 Å². The number of benzene rings is 1. The zero-order valence-electron chi connectivity index (χ0n) is 10.4. The first-order chi connectivity index (χ1) is 9.22. The third-order valence-electron chi connectivity index (χ3n) is 2.68. The molecule has 1 aromatic rings. The molecule has 1 aromatic carbocycles. The van der Waals surface area contributed by atoms with E-state index in [4.69, 9.17) is 26.2 Å². The Hall–Kier alpha value is -1.46. The SMILES string of the molecule is O=C(NCCCO)c1cc(Cl)c2c(c1)OCCCO2. The number of rotatable bonds is 4. The lowest BCUT2D eigenvalue weighted by Crippen LogP contribution is -2.25. The number of carbonyl (C=O) groups is 1. The van der Waals surface area contributed by atoms with Gasteiger partial charge in [-0.05, 0) is 18.6 Å². The molecule has 1 amide bonds. The van der Waals surface area contributed by atoms with Crippen molar-refractivity contribution < 1.29 is 19.4 Å². The van der Waals surface area contributed by atoms with Gasteiger partial charge in [-0.3, -0.25) is 4.79 Å². The molecule has 19 heavy (non-hydrogen) atoms. The highest BCUT2D eigenvalue weighted by atomic mass is 35.5. The van der Waals surface area contributed by atoms with E-state index in [0.717, 1.165) is 6.42 Å². The Morgan fingerprint density at radius 3 is 2.95 bits per heavy atom. The van der Waals surface area contributed by atoms with Gasteiger partial charge in [0.1, 0.15) is 0 Å². The summed E-state index contributed by atoms with van der Waals surface area (Å²) in [5, 5.41) is 11.7. The van der Waals surface area contributed by atoms with Crippen molar-refractivity contribution in [2.45, 2.75) is 12.8 Å². The van der Waals surface area contributed by atoms with E-state index >= 15 is 0 Å². The smallest absolute Gasteiger partial charge is 0.251 e. The molecule has 6 heteroatoms. The summed E-state index contributed by atoms with van der Waals surface area (Å²) >= 11 is 6.10. The highest BCUT2D eigenvalue weighted by Gasteiger charge is 2.18. The first-order valence-corrected chi connectivity index (χ1v) is 6.58. The van der Waals surface area contributed by atoms with Crippen LogP contribution in [-0.4, -0.2) is 37.4 Å². The van der Waals surface area contributed by atoms with Gasteiger partial charge in [-0.25, -0.2) is 0 Å².